The zero-order valence-corrected chi connectivity index (χ0v) is 36.6. The zero-order valence-electron chi connectivity index (χ0n) is 36.6. The van der Waals surface area contributed by atoms with Gasteiger partial charge in [-0.1, -0.05) is 191 Å². The van der Waals surface area contributed by atoms with E-state index in [4.69, 9.17) is 9.98 Å². The van der Waals surface area contributed by atoms with E-state index >= 15 is 0 Å². The third kappa shape index (κ3) is 5.63. The second kappa shape index (κ2) is 14.3. The van der Waals surface area contributed by atoms with Crippen LogP contribution in [-0.2, 0) is 16.5 Å². The third-order valence-corrected chi connectivity index (χ3v) is 13.9. The molecule has 5 nitrogen and oxygen atoms in total. The Labute approximate surface area is 375 Å². The van der Waals surface area contributed by atoms with Gasteiger partial charge in [0.25, 0.3) is 0 Å². The number of hydrogen-bond donors (Lipinski definition) is 1. The van der Waals surface area contributed by atoms with Gasteiger partial charge in [-0.2, -0.15) is 4.99 Å². The Morgan fingerprint density at radius 3 is 2.02 bits per heavy atom. The summed E-state index contributed by atoms with van der Waals surface area (Å²) in [6.45, 7) is 9.14. The van der Waals surface area contributed by atoms with Crippen LogP contribution in [0.25, 0.3) is 33.3 Å². The van der Waals surface area contributed by atoms with Crippen LogP contribution in [-0.4, -0.2) is 22.4 Å². The average molecular weight is 828 g/mol. The number of amidine groups is 1. The third-order valence-electron chi connectivity index (χ3n) is 13.9. The highest BCUT2D eigenvalue weighted by atomic mass is 15.3. The second-order valence-electron chi connectivity index (χ2n) is 18.7. The maximum absolute atomic E-state index is 5.69. The van der Waals surface area contributed by atoms with E-state index in [2.05, 4.69) is 243 Å². The van der Waals surface area contributed by atoms with Gasteiger partial charge < -0.3 is 10.2 Å². The van der Waals surface area contributed by atoms with Crippen LogP contribution in [0.15, 0.2) is 210 Å². The average Bonchev–Trinajstić information content (AvgIpc) is 3.94. The Bertz CT molecular complexity index is 3280. The number of anilines is 2. The summed E-state index contributed by atoms with van der Waals surface area (Å²) in [5, 5.41) is 4.98. The molecule has 3 aliphatic carbocycles. The summed E-state index contributed by atoms with van der Waals surface area (Å²) in [6, 6.07) is 64.6. The molecule has 3 atom stereocenters. The van der Waals surface area contributed by atoms with Crippen LogP contribution in [0.2, 0.25) is 0 Å². The minimum atomic E-state index is -0.818. The summed E-state index contributed by atoms with van der Waals surface area (Å²) < 4.78 is 2.39. The molecule has 1 spiro atoms. The first-order valence-corrected chi connectivity index (χ1v) is 22.5. The molecule has 1 aromatic heterocycles. The molecular weight excluding hydrogens is 779 g/mol. The first-order valence-electron chi connectivity index (χ1n) is 22.5. The molecule has 0 fully saturated rings. The Balaban J connectivity index is 1.23. The zero-order chi connectivity index (χ0) is 43.2. The van der Waals surface area contributed by atoms with Crippen molar-refractivity contribution in [2.75, 3.05) is 4.90 Å². The molecule has 4 aliphatic rings. The number of fused-ring (bicyclic) bond motifs is 12. The number of nitrogens with zero attached hydrogens (tertiary/aromatic N) is 4. The predicted octanol–water partition coefficient (Wildman–Crippen LogP) is 13.4. The quantitative estimate of drug-likeness (QED) is 0.188. The Morgan fingerprint density at radius 1 is 0.641 bits per heavy atom. The minimum absolute atomic E-state index is 0.0560. The monoisotopic (exact) mass is 827 g/mol. The molecule has 1 N–H and O–H groups in total. The van der Waals surface area contributed by atoms with Gasteiger partial charge in [-0.15, -0.1) is 0 Å². The smallest absolute Gasteiger partial charge is 0.234 e. The number of aromatic nitrogens is 1. The van der Waals surface area contributed by atoms with Crippen molar-refractivity contribution >= 4 is 34.1 Å². The number of benzene rings is 7. The molecule has 64 heavy (non-hydrogen) atoms. The van der Waals surface area contributed by atoms with E-state index in [9.17, 15) is 0 Å². The second-order valence-corrected chi connectivity index (χ2v) is 18.7. The lowest BCUT2D eigenvalue weighted by Crippen LogP contribution is -2.47. The van der Waals surface area contributed by atoms with E-state index in [1.807, 2.05) is 0 Å². The molecule has 8 aromatic rings. The lowest BCUT2D eigenvalue weighted by Gasteiger charge is -2.34. The van der Waals surface area contributed by atoms with Crippen LogP contribution in [0.4, 0.5) is 11.4 Å². The van der Waals surface area contributed by atoms with E-state index in [-0.39, 0.29) is 11.5 Å². The van der Waals surface area contributed by atoms with Crippen LogP contribution < -0.4 is 10.2 Å². The number of allylic oxidation sites excluding steroid dienone is 2. The highest BCUT2D eigenvalue weighted by molar-refractivity contribution is 6.14. The predicted molar refractivity (Wildman–Crippen MR) is 265 cm³/mol. The van der Waals surface area contributed by atoms with Crippen molar-refractivity contribution < 1.29 is 0 Å². The molecule has 1 aliphatic heterocycles. The molecule has 5 heteroatoms. The summed E-state index contributed by atoms with van der Waals surface area (Å²) in [4.78, 5) is 13.7. The summed E-state index contributed by atoms with van der Waals surface area (Å²) in [6.07, 6.45) is 9.86. The standard InChI is InChI=1S/C59H49N5/c1-57(2,3)41-33-35-46-45-29-17-19-31-49(45)59(51(46)37-41)50-32-20-18-30-47(50)54-53(59)48-38-44(63(42-25-13-7-14-26-42)43-27-15-8-16-28-43)34-36-52(48)64(54)56-60-55(39-21-9-5-10-22-39)61-58(4,62-56)40-23-11-6-12-24-40/h5-27,29-38,43H,28H2,1-4H3,(H,60,61,62). The maximum Gasteiger partial charge on any atom is 0.234 e. The Morgan fingerprint density at radius 2 is 1.30 bits per heavy atom. The molecule has 7 aromatic carbocycles. The highest BCUT2D eigenvalue weighted by Crippen LogP contribution is 2.65. The van der Waals surface area contributed by atoms with Gasteiger partial charge >= 0.3 is 0 Å². The molecule has 0 saturated carbocycles. The van der Waals surface area contributed by atoms with Crippen molar-refractivity contribution in [2.24, 2.45) is 9.98 Å². The molecule has 0 amide bonds. The van der Waals surface area contributed by atoms with Crippen LogP contribution in [0, 0.1) is 0 Å². The Hall–Kier alpha value is -7.50. The molecule has 310 valence electrons. The van der Waals surface area contributed by atoms with Crippen molar-refractivity contribution in [1.29, 1.82) is 0 Å². The van der Waals surface area contributed by atoms with E-state index in [1.54, 1.807) is 0 Å². The Kier molecular flexibility index (Phi) is 8.51. The highest BCUT2D eigenvalue weighted by Gasteiger charge is 2.55. The van der Waals surface area contributed by atoms with Crippen molar-refractivity contribution in [2.45, 2.75) is 56.7 Å². The summed E-state index contributed by atoms with van der Waals surface area (Å²) in [5.74, 6) is 1.42. The van der Waals surface area contributed by atoms with E-state index in [1.165, 1.54) is 49.9 Å². The largest absolute Gasteiger partial charge is 0.342 e. The van der Waals surface area contributed by atoms with Crippen molar-refractivity contribution in [3.05, 3.63) is 239 Å². The molecule has 12 rings (SSSR count). The van der Waals surface area contributed by atoms with Crippen molar-refractivity contribution in [1.82, 2.24) is 9.88 Å². The van der Waals surface area contributed by atoms with Gasteiger partial charge in [0, 0.05) is 33.5 Å². The van der Waals surface area contributed by atoms with Gasteiger partial charge in [0.2, 0.25) is 5.96 Å². The molecule has 0 radical (unpaired) electrons. The number of rotatable bonds is 5. The molecular formula is C59H49N5. The first-order chi connectivity index (χ1) is 31.2. The van der Waals surface area contributed by atoms with Crippen LogP contribution in [0.5, 0.6) is 0 Å². The topological polar surface area (TPSA) is 44.9 Å². The van der Waals surface area contributed by atoms with E-state index < -0.39 is 11.1 Å². The van der Waals surface area contributed by atoms with E-state index in [0.717, 1.165) is 46.0 Å². The lowest BCUT2D eigenvalue weighted by atomic mass is 9.69. The maximum atomic E-state index is 5.69. The van der Waals surface area contributed by atoms with Gasteiger partial charge in [-0.25, -0.2) is 4.99 Å². The van der Waals surface area contributed by atoms with Crippen molar-refractivity contribution in [3.8, 4) is 22.4 Å². The van der Waals surface area contributed by atoms with E-state index in [0.29, 0.717) is 5.96 Å². The minimum Gasteiger partial charge on any atom is -0.342 e. The van der Waals surface area contributed by atoms with Gasteiger partial charge in [0.15, 0.2) is 5.66 Å². The van der Waals surface area contributed by atoms with Gasteiger partial charge in [-0.05, 0) is 88.0 Å². The fourth-order valence-corrected chi connectivity index (χ4v) is 11.0. The number of hydrogen-bond acceptors (Lipinski definition) is 4. The first kappa shape index (κ1) is 38.2. The summed E-state index contributed by atoms with van der Waals surface area (Å²) in [7, 11) is 0. The van der Waals surface area contributed by atoms with Crippen LogP contribution in [0.3, 0.4) is 0 Å². The van der Waals surface area contributed by atoms with Gasteiger partial charge in [-0.3, -0.25) is 4.57 Å². The van der Waals surface area contributed by atoms with Crippen molar-refractivity contribution in [3.63, 3.8) is 0 Å². The molecule has 2 heterocycles. The lowest BCUT2D eigenvalue weighted by molar-refractivity contribution is 0.452. The summed E-state index contributed by atoms with van der Waals surface area (Å²) in [5.41, 5.74) is 15.3. The van der Waals surface area contributed by atoms with Crippen LogP contribution in [0.1, 0.15) is 73.1 Å². The molecule has 0 bridgehead atoms. The normalized spacial score (nSPS) is 20.3. The number of nitrogens with one attached hydrogen (secondary N) is 1. The summed E-state index contributed by atoms with van der Waals surface area (Å²) >= 11 is 0. The fraction of sp³-hybridized carbons (Fsp3) is 0.153. The van der Waals surface area contributed by atoms with Crippen LogP contribution >= 0.6 is 0 Å². The number of para-hydroxylation sites is 1. The molecule has 0 saturated heterocycles. The molecule has 3 unspecified atom stereocenters. The number of aliphatic imine (C=N–C) groups is 2. The van der Waals surface area contributed by atoms with Gasteiger partial charge in [0.1, 0.15) is 5.84 Å². The SMILES string of the molecule is CC(C)(C)c1ccc2c(c1)C1(c3ccccc3-2)c2ccccc2-c2c1c1cc(N(c3ccccc3)C3C=CC=CC3)ccc1n2C1=NC(C)(c2ccccc2)NC(c2ccccc2)=N1. The van der Waals surface area contributed by atoms with Gasteiger partial charge in [0.05, 0.1) is 22.7 Å². The fourth-order valence-electron chi connectivity index (χ4n) is 11.0.